The fourth-order valence-electron chi connectivity index (χ4n) is 3.82. The number of hydrogen-bond acceptors (Lipinski definition) is 6. The van der Waals surface area contributed by atoms with Crippen LogP contribution in [0.15, 0.2) is 33.8 Å². The van der Waals surface area contributed by atoms with Gasteiger partial charge < -0.3 is 19.8 Å². The molecule has 1 fully saturated rings. The molecule has 2 aromatic rings. The first-order valence-electron chi connectivity index (χ1n) is 10.3. The zero-order chi connectivity index (χ0) is 23.4. The smallest absolute Gasteiger partial charge is 0.243 e. The molecular formula is C23H26ClN3O4S. The maximum Gasteiger partial charge on any atom is 0.243 e. The Bertz CT molecular complexity index is 1030. The van der Waals surface area contributed by atoms with Gasteiger partial charge in [-0.3, -0.25) is 9.59 Å². The first kappa shape index (κ1) is 24.2. The minimum Gasteiger partial charge on any atom is -0.391 e. The van der Waals surface area contributed by atoms with Gasteiger partial charge in [-0.15, -0.1) is 18.2 Å². The molecular weight excluding hydrogens is 450 g/mol. The van der Waals surface area contributed by atoms with E-state index in [1.807, 2.05) is 20.1 Å². The third-order valence-electron chi connectivity index (χ3n) is 5.49. The average molecular weight is 476 g/mol. The minimum absolute atomic E-state index is 0.0833. The summed E-state index contributed by atoms with van der Waals surface area (Å²) < 4.78 is 5.41. The lowest BCUT2D eigenvalue weighted by Gasteiger charge is -2.28. The van der Waals surface area contributed by atoms with Crippen molar-refractivity contribution in [3.05, 3.63) is 46.2 Å². The van der Waals surface area contributed by atoms with E-state index in [1.54, 1.807) is 24.3 Å². The monoisotopic (exact) mass is 475 g/mol. The number of nitrogens with one attached hydrogen (secondary N) is 1. The molecule has 1 aliphatic heterocycles. The molecule has 2 amide bonds. The second-order valence-corrected chi connectivity index (χ2v) is 9.29. The number of aliphatic hydroxyl groups excluding tert-OH is 1. The van der Waals surface area contributed by atoms with Crippen LogP contribution in [0.5, 0.6) is 0 Å². The molecule has 170 valence electrons. The van der Waals surface area contributed by atoms with Crippen LogP contribution < -0.4 is 5.32 Å². The largest absolute Gasteiger partial charge is 0.391 e. The van der Waals surface area contributed by atoms with Gasteiger partial charge in [0.15, 0.2) is 5.76 Å². The van der Waals surface area contributed by atoms with E-state index in [1.165, 1.54) is 16.7 Å². The third-order valence-corrected chi connectivity index (χ3v) is 6.46. The number of likely N-dealkylation sites (tertiary alicyclic amines) is 1. The van der Waals surface area contributed by atoms with E-state index >= 15 is 0 Å². The Balaban J connectivity index is 1.75. The van der Waals surface area contributed by atoms with Crippen LogP contribution in [0.4, 0.5) is 0 Å². The number of aliphatic hydroxyl groups is 1. The van der Waals surface area contributed by atoms with Gasteiger partial charge >= 0.3 is 0 Å². The number of β-amino-alcohol motifs (C(OH)–C–C–N with tert-alkyl or cyclic N) is 1. The quantitative estimate of drug-likeness (QED) is 0.472. The number of carbonyl (C=O) groups excluding carboxylic acids is 2. The van der Waals surface area contributed by atoms with Gasteiger partial charge in [-0.1, -0.05) is 42.6 Å². The highest BCUT2D eigenvalue weighted by Crippen LogP contribution is 2.32. The summed E-state index contributed by atoms with van der Waals surface area (Å²) in [6, 6.07) is 6.12. The molecule has 32 heavy (non-hydrogen) atoms. The van der Waals surface area contributed by atoms with Crippen molar-refractivity contribution in [2.75, 3.05) is 12.8 Å². The number of nitrogens with zero attached hydrogens (tertiary/aromatic N) is 2. The lowest BCUT2D eigenvalue weighted by Crippen LogP contribution is -2.48. The summed E-state index contributed by atoms with van der Waals surface area (Å²) in [5.41, 5.74) is 1.36. The van der Waals surface area contributed by atoms with Crippen molar-refractivity contribution in [1.82, 2.24) is 15.4 Å². The molecule has 0 saturated carbocycles. The second-order valence-electron chi connectivity index (χ2n) is 8.06. The van der Waals surface area contributed by atoms with Crippen LogP contribution in [-0.4, -0.2) is 51.9 Å². The fourth-order valence-corrected chi connectivity index (χ4v) is 4.41. The number of aromatic nitrogens is 1. The van der Waals surface area contributed by atoms with Crippen molar-refractivity contribution in [3.8, 4) is 12.3 Å². The molecule has 3 atom stereocenters. The highest BCUT2D eigenvalue weighted by molar-refractivity contribution is 7.98. The van der Waals surface area contributed by atoms with Gasteiger partial charge in [0.25, 0.3) is 0 Å². The van der Waals surface area contributed by atoms with Gasteiger partial charge in [0.05, 0.1) is 6.10 Å². The lowest BCUT2D eigenvalue weighted by atomic mass is 9.91. The van der Waals surface area contributed by atoms with Crippen molar-refractivity contribution < 1.29 is 19.2 Å². The Morgan fingerprint density at radius 1 is 1.44 bits per heavy atom. The molecule has 0 aliphatic carbocycles. The molecule has 1 saturated heterocycles. The Morgan fingerprint density at radius 2 is 2.19 bits per heavy atom. The number of rotatable bonds is 7. The topological polar surface area (TPSA) is 95.7 Å². The van der Waals surface area contributed by atoms with Crippen LogP contribution >= 0.6 is 23.4 Å². The number of terminal acetylenes is 1. The molecule has 2 heterocycles. The molecule has 1 aromatic carbocycles. The van der Waals surface area contributed by atoms with E-state index < -0.39 is 18.1 Å². The molecule has 0 spiro atoms. The molecule has 1 aromatic heterocycles. The standard InChI is InChI=1S/C23H26ClN3O4S/c1-5-14-6-7-15(17(24)8-14)11-25-22(29)18-9-16(28)12-27(18)23(30)21(13(2)3)19-10-20(32-4)26-31-19/h1,6-8,10,13,16,18,21,28H,9,11-12H2,2-4H3,(H,25,29)/t16-,18+,21+/m1/s1. The Morgan fingerprint density at radius 3 is 2.78 bits per heavy atom. The molecule has 9 heteroatoms. The number of benzene rings is 1. The summed E-state index contributed by atoms with van der Waals surface area (Å²) in [6.07, 6.45) is 6.63. The van der Waals surface area contributed by atoms with E-state index in [-0.39, 0.29) is 37.2 Å². The average Bonchev–Trinajstić information content (AvgIpc) is 3.39. The first-order valence-corrected chi connectivity index (χ1v) is 11.9. The highest BCUT2D eigenvalue weighted by atomic mass is 35.5. The number of thioether (sulfide) groups is 1. The normalized spacial score (nSPS) is 19.1. The van der Waals surface area contributed by atoms with Crippen molar-refractivity contribution in [2.24, 2.45) is 5.92 Å². The molecule has 0 bridgehead atoms. The predicted octanol–water partition coefficient (Wildman–Crippen LogP) is 3.05. The number of amides is 2. The number of hydrogen-bond donors (Lipinski definition) is 2. The Hall–Kier alpha value is -2.47. The summed E-state index contributed by atoms with van der Waals surface area (Å²) in [7, 11) is 0. The van der Waals surface area contributed by atoms with Gasteiger partial charge in [0.1, 0.15) is 17.0 Å². The van der Waals surface area contributed by atoms with Crippen LogP contribution in [0.25, 0.3) is 0 Å². The van der Waals surface area contributed by atoms with Gasteiger partial charge in [-0.05, 0) is 29.9 Å². The molecule has 1 aliphatic rings. The number of carbonyl (C=O) groups is 2. The maximum atomic E-state index is 13.4. The van der Waals surface area contributed by atoms with Gasteiger partial charge in [-0.25, -0.2) is 0 Å². The van der Waals surface area contributed by atoms with Crippen molar-refractivity contribution in [3.63, 3.8) is 0 Å². The summed E-state index contributed by atoms with van der Waals surface area (Å²) >= 11 is 7.66. The number of halogens is 1. The van der Waals surface area contributed by atoms with Gasteiger partial charge in [-0.2, -0.15) is 0 Å². The van der Waals surface area contributed by atoms with Gasteiger partial charge in [0, 0.05) is 36.2 Å². The zero-order valence-corrected chi connectivity index (χ0v) is 19.7. The molecule has 7 nitrogen and oxygen atoms in total. The summed E-state index contributed by atoms with van der Waals surface area (Å²) in [5, 5.41) is 18.2. The van der Waals surface area contributed by atoms with Crippen LogP contribution in [0, 0.1) is 18.3 Å². The van der Waals surface area contributed by atoms with E-state index in [2.05, 4.69) is 16.4 Å². The molecule has 3 rings (SSSR count). The maximum absolute atomic E-state index is 13.4. The van der Waals surface area contributed by atoms with E-state index in [4.69, 9.17) is 22.5 Å². The van der Waals surface area contributed by atoms with Crippen molar-refractivity contribution >= 4 is 35.2 Å². The summed E-state index contributed by atoms with van der Waals surface area (Å²) in [6.45, 7) is 4.09. The van der Waals surface area contributed by atoms with Gasteiger partial charge in [0.2, 0.25) is 11.8 Å². The SMILES string of the molecule is C#Cc1ccc(CNC(=O)[C@@H]2C[C@@H](O)CN2C(=O)[C@H](c2cc(SC)no2)C(C)C)c(Cl)c1. The van der Waals surface area contributed by atoms with E-state index in [0.717, 1.165) is 0 Å². The van der Waals surface area contributed by atoms with Crippen LogP contribution in [0.2, 0.25) is 5.02 Å². The van der Waals surface area contributed by atoms with E-state index in [9.17, 15) is 14.7 Å². The van der Waals surface area contributed by atoms with Crippen molar-refractivity contribution in [1.29, 1.82) is 0 Å². The van der Waals surface area contributed by atoms with E-state index in [0.29, 0.717) is 26.9 Å². The van der Waals surface area contributed by atoms with Crippen LogP contribution in [-0.2, 0) is 16.1 Å². The highest BCUT2D eigenvalue weighted by Gasteiger charge is 2.43. The summed E-state index contributed by atoms with van der Waals surface area (Å²) in [4.78, 5) is 27.8. The zero-order valence-electron chi connectivity index (χ0n) is 18.2. The molecule has 2 N–H and O–H groups in total. The predicted molar refractivity (Wildman–Crippen MR) is 123 cm³/mol. The van der Waals surface area contributed by atoms with Crippen LogP contribution in [0.1, 0.15) is 43.1 Å². The second kappa shape index (κ2) is 10.4. The third kappa shape index (κ3) is 5.29. The van der Waals surface area contributed by atoms with Crippen molar-refractivity contribution in [2.45, 2.75) is 49.9 Å². The first-order chi connectivity index (χ1) is 15.2. The van der Waals surface area contributed by atoms with Crippen LogP contribution in [0.3, 0.4) is 0 Å². The molecule has 0 unspecified atom stereocenters. The lowest BCUT2D eigenvalue weighted by molar-refractivity contribution is -0.141. The summed E-state index contributed by atoms with van der Waals surface area (Å²) in [5.74, 6) is 1.66. The fraction of sp³-hybridized carbons (Fsp3) is 0.435. The Labute approximate surface area is 196 Å². The Kier molecular flexibility index (Phi) is 7.88. The molecule has 0 radical (unpaired) electrons. The minimum atomic E-state index is -0.787.